The van der Waals surface area contributed by atoms with Crippen molar-refractivity contribution in [2.45, 2.75) is 25.8 Å². The van der Waals surface area contributed by atoms with Crippen molar-refractivity contribution in [3.8, 4) is 5.75 Å². The summed E-state index contributed by atoms with van der Waals surface area (Å²) in [7, 11) is 1.45. The van der Waals surface area contributed by atoms with Gasteiger partial charge in [0.05, 0.1) is 23.7 Å². The SMILES string of the molecule is CCCCN1C(=O)C(=O)/C(=C(/O)c2cc(OC)ccc2Cl)C1c1ccccc1F. The Labute approximate surface area is 173 Å². The third-order valence-electron chi connectivity index (χ3n) is 4.92. The summed E-state index contributed by atoms with van der Waals surface area (Å²) >= 11 is 6.22. The van der Waals surface area contributed by atoms with Gasteiger partial charge in [-0.1, -0.05) is 43.1 Å². The Morgan fingerprint density at radius 1 is 1.24 bits per heavy atom. The quantitative estimate of drug-likeness (QED) is 0.420. The van der Waals surface area contributed by atoms with Crippen LogP contribution >= 0.6 is 11.6 Å². The zero-order valence-electron chi connectivity index (χ0n) is 16.1. The Balaban J connectivity index is 2.24. The molecule has 152 valence electrons. The molecule has 1 saturated heterocycles. The lowest BCUT2D eigenvalue weighted by Gasteiger charge is -2.25. The van der Waals surface area contributed by atoms with Crippen LogP contribution in [0.3, 0.4) is 0 Å². The number of halogens is 2. The molecule has 0 spiro atoms. The third-order valence-corrected chi connectivity index (χ3v) is 5.25. The molecule has 0 aliphatic carbocycles. The van der Waals surface area contributed by atoms with Gasteiger partial charge >= 0.3 is 0 Å². The number of unbranched alkanes of at least 4 members (excludes halogenated alkanes) is 1. The molecule has 0 bridgehead atoms. The number of ketones is 1. The lowest BCUT2D eigenvalue weighted by molar-refractivity contribution is -0.139. The van der Waals surface area contributed by atoms with E-state index in [9.17, 15) is 19.1 Å². The Kier molecular flexibility index (Phi) is 6.23. The molecule has 2 aromatic rings. The van der Waals surface area contributed by atoms with E-state index in [1.807, 2.05) is 6.92 Å². The second-order valence-corrected chi connectivity index (χ2v) is 7.12. The molecular formula is C22H21ClFNO4. The molecule has 1 atom stereocenters. The van der Waals surface area contributed by atoms with E-state index in [4.69, 9.17) is 16.3 Å². The molecule has 1 fully saturated rings. The van der Waals surface area contributed by atoms with E-state index in [1.165, 1.54) is 42.3 Å². The number of methoxy groups -OCH3 is 1. The highest BCUT2D eigenvalue weighted by Gasteiger charge is 2.46. The van der Waals surface area contributed by atoms with Crippen molar-refractivity contribution >= 4 is 29.1 Å². The van der Waals surface area contributed by atoms with Crippen molar-refractivity contribution < 1.29 is 23.8 Å². The maximum absolute atomic E-state index is 14.6. The summed E-state index contributed by atoms with van der Waals surface area (Å²) in [6, 6.07) is 9.46. The smallest absolute Gasteiger partial charge is 0.295 e. The fraction of sp³-hybridized carbons (Fsp3) is 0.273. The van der Waals surface area contributed by atoms with Gasteiger partial charge in [-0.25, -0.2) is 4.39 Å². The van der Waals surface area contributed by atoms with Crippen LogP contribution < -0.4 is 4.74 Å². The largest absolute Gasteiger partial charge is 0.507 e. The molecular weight excluding hydrogens is 397 g/mol. The van der Waals surface area contributed by atoms with Crippen LogP contribution in [0.5, 0.6) is 5.75 Å². The van der Waals surface area contributed by atoms with E-state index in [1.54, 1.807) is 12.1 Å². The first kappa shape index (κ1) is 20.9. The minimum absolute atomic E-state index is 0.140. The van der Waals surface area contributed by atoms with Gasteiger partial charge in [0.1, 0.15) is 17.3 Å². The number of nitrogens with zero attached hydrogens (tertiary/aromatic N) is 1. The van der Waals surface area contributed by atoms with Gasteiger partial charge in [0.25, 0.3) is 11.7 Å². The van der Waals surface area contributed by atoms with Crippen LogP contribution in [0.15, 0.2) is 48.0 Å². The van der Waals surface area contributed by atoms with E-state index in [-0.39, 0.29) is 28.3 Å². The summed E-state index contributed by atoms with van der Waals surface area (Å²) in [6.45, 7) is 2.22. The number of amides is 1. The lowest BCUT2D eigenvalue weighted by atomic mass is 9.94. The Bertz CT molecular complexity index is 989. The zero-order chi connectivity index (χ0) is 21.1. The maximum Gasteiger partial charge on any atom is 0.295 e. The topological polar surface area (TPSA) is 66.8 Å². The van der Waals surface area contributed by atoms with Crippen molar-refractivity contribution in [2.24, 2.45) is 0 Å². The monoisotopic (exact) mass is 417 g/mol. The van der Waals surface area contributed by atoms with E-state index >= 15 is 0 Å². The molecule has 2 aromatic carbocycles. The summed E-state index contributed by atoms with van der Waals surface area (Å²) in [5, 5.41) is 11.2. The van der Waals surface area contributed by atoms with Gasteiger partial charge in [-0.3, -0.25) is 9.59 Å². The minimum Gasteiger partial charge on any atom is -0.507 e. The Morgan fingerprint density at radius 2 is 1.97 bits per heavy atom. The van der Waals surface area contributed by atoms with Gasteiger partial charge < -0.3 is 14.7 Å². The molecule has 1 N–H and O–H groups in total. The normalized spacial score (nSPS) is 18.3. The predicted octanol–water partition coefficient (Wildman–Crippen LogP) is 4.71. The maximum atomic E-state index is 14.6. The van der Waals surface area contributed by atoms with Crippen LogP contribution in [0.1, 0.15) is 36.9 Å². The summed E-state index contributed by atoms with van der Waals surface area (Å²) < 4.78 is 19.8. The highest BCUT2D eigenvalue weighted by atomic mass is 35.5. The van der Waals surface area contributed by atoms with E-state index in [0.29, 0.717) is 12.2 Å². The van der Waals surface area contributed by atoms with Gasteiger partial charge in [-0.05, 0) is 30.7 Å². The molecule has 3 rings (SSSR count). The van der Waals surface area contributed by atoms with Crippen LogP contribution in [0.2, 0.25) is 5.02 Å². The number of aliphatic hydroxyl groups is 1. The number of likely N-dealkylation sites (tertiary alicyclic amines) is 1. The minimum atomic E-state index is -1.04. The van der Waals surface area contributed by atoms with Crippen molar-refractivity contribution in [1.29, 1.82) is 0 Å². The summed E-state index contributed by atoms with van der Waals surface area (Å²) in [5.41, 5.74) is 0.0931. The number of hydrogen-bond acceptors (Lipinski definition) is 4. The number of carbonyl (C=O) groups is 2. The zero-order valence-corrected chi connectivity index (χ0v) is 16.9. The Morgan fingerprint density at radius 3 is 2.62 bits per heavy atom. The predicted molar refractivity (Wildman–Crippen MR) is 108 cm³/mol. The summed E-state index contributed by atoms with van der Waals surface area (Å²) in [5.74, 6) is -2.25. The molecule has 0 aromatic heterocycles. The van der Waals surface area contributed by atoms with Crippen molar-refractivity contribution in [3.63, 3.8) is 0 Å². The standard InChI is InChI=1S/C22H21ClFNO4/c1-3-4-11-25-19(14-7-5-6-8-17(14)24)18(21(27)22(25)28)20(26)15-12-13(29-2)9-10-16(15)23/h5-10,12,19,26H,3-4,11H2,1-2H3/b20-18+. The second-order valence-electron chi connectivity index (χ2n) is 6.71. The highest BCUT2D eigenvalue weighted by Crippen LogP contribution is 2.41. The molecule has 0 radical (unpaired) electrons. The van der Waals surface area contributed by atoms with Gasteiger partial charge in [-0.2, -0.15) is 0 Å². The molecule has 1 aliphatic rings. The molecule has 1 aliphatic heterocycles. The van der Waals surface area contributed by atoms with Crippen LogP contribution in [0.25, 0.3) is 5.76 Å². The number of ether oxygens (including phenoxy) is 1. The summed E-state index contributed by atoms with van der Waals surface area (Å²) in [6.07, 6.45) is 1.42. The third kappa shape index (κ3) is 3.85. The Hall–Kier alpha value is -2.86. The van der Waals surface area contributed by atoms with E-state index in [2.05, 4.69) is 0 Å². The van der Waals surface area contributed by atoms with Gasteiger partial charge in [0, 0.05) is 17.7 Å². The number of benzene rings is 2. The van der Waals surface area contributed by atoms with Crippen LogP contribution in [0, 0.1) is 5.82 Å². The van der Waals surface area contributed by atoms with E-state index < -0.39 is 29.3 Å². The molecule has 0 saturated carbocycles. The summed E-state index contributed by atoms with van der Waals surface area (Å²) in [4.78, 5) is 26.9. The van der Waals surface area contributed by atoms with Crippen molar-refractivity contribution in [1.82, 2.24) is 4.90 Å². The van der Waals surface area contributed by atoms with E-state index in [0.717, 1.165) is 6.42 Å². The first-order valence-corrected chi connectivity index (χ1v) is 9.65. The average Bonchev–Trinajstić information content (AvgIpc) is 2.97. The van der Waals surface area contributed by atoms with Crippen molar-refractivity contribution in [3.05, 3.63) is 70.0 Å². The fourth-order valence-electron chi connectivity index (χ4n) is 3.42. The van der Waals surface area contributed by atoms with Gasteiger partial charge in [0.2, 0.25) is 0 Å². The number of hydrogen-bond donors (Lipinski definition) is 1. The lowest BCUT2D eigenvalue weighted by Crippen LogP contribution is -2.31. The van der Waals surface area contributed by atoms with Crippen LogP contribution in [-0.4, -0.2) is 35.4 Å². The first-order chi connectivity index (χ1) is 13.9. The number of carbonyl (C=O) groups excluding carboxylic acids is 2. The second kappa shape index (κ2) is 8.66. The van der Waals surface area contributed by atoms with Gasteiger partial charge in [0.15, 0.2) is 0 Å². The molecule has 1 unspecified atom stereocenters. The number of Topliss-reactive ketones (excluding diaryl/α,β-unsaturated/α-hetero) is 1. The average molecular weight is 418 g/mol. The molecule has 1 heterocycles. The van der Waals surface area contributed by atoms with Gasteiger partial charge in [-0.15, -0.1) is 0 Å². The van der Waals surface area contributed by atoms with Crippen LogP contribution in [-0.2, 0) is 9.59 Å². The molecule has 7 heteroatoms. The van der Waals surface area contributed by atoms with Crippen LogP contribution in [0.4, 0.5) is 4.39 Å². The molecule has 5 nitrogen and oxygen atoms in total. The highest BCUT2D eigenvalue weighted by molar-refractivity contribution is 6.47. The molecule has 29 heavy (non-hydrogen) atoms. The number of aliphatic hydroxyl groups excluding tert-OH is 1. The fourth-order valence-corrected chi connectivity index (χ4v) is 3.62. The number of rotatable bonds is 6. The molecule has 1 amide bonds. The van der Waals surface area contributed by atoms with Crippen molar-refractivity contribution in [2.75, 3.05) is 13.7 Å². The first-order valence-electron chi connectivity index (χ1n) is 9.27.